The summed E-state index contributed by atoms with van der Waals surface area (Å²) in [4.78, 5) is 8.78. The number of aromatic nitrogens is 4. The molecule has 0 amide bonds. The van der Waals surface area contributed by atoms with Crippen molar-refractivity contribution in [2.45, 2.75) is 19.4 Å². The molecule has 0 saturated heterocycles. The summed E-state index contributed by atoms with van der Waals surface area (Å²) in [5.74, 6) is 0. The lowest BCUT2D eigenvalue weighted by molar-refractivity contribution is 0.658. The summed E-state index contributed by atoms with van der Waals surface area (Å²) < 4.78 is 2.15. The molecule has 0 aliphatic carbocycles. The largest absolute Gasteiger partial charge is 0.268 e. The van der Waals surface area contributed by atoms with Crippen LogP contribution in [0.2, 0.25) is 0 Å². The highest BCUT2D eigenvalue weighted by atomic mass is 15.3. The summed E-state index contributed by atoms with van der Waals surface area (Å²) in [5, 5.41) is 7.21. The minimum Gasteiger partial charge on any atom is -0.268 e. The lowest BCUT2D eigenvalue weighted by Gasteiger charge is -2.07. The Morgan fingerprint density at radius 1 is 0.958 bits per heavy atom. The molecular formula is C20H16N4. The van der Waals surface area contributed by atoms with Crippen LogP contribution in [-0.4, -0.2) is 19.7 Å². The van der Waals surface area contributed by atoms with Crippen molar-refractivity contribution in [3.63, 3.8) is 0 Å². The minimum atomic E-state index is 0.931. The van der Waals surface area contributed by atoms with Crippen LogP contribution in [0.4, 0.5) is 0 Å². The summed E-state index contributed by atoms with van der Waals surface area (Å²) in [7, 11) is 0. The van der Waals surface area contributed by atoms with Crippen molar-refractivity contribution < 1.29 is 0 Å². The van der Waals surface area contributed by atoms with Crippen molar-refractivity contribution in [1.82, 2.24) is 19.7 Å². The summed E-state index contributed by atoms with van der Waals surface area (Å²) in [6, 6.07) is 14.6. The molecule has 4 heteroatoms. The van der Waals surface area contributed by atoms with Crippen molar-refractivity contribution in [1.29, 1.82) is 0 Å². The number of benzene rings is 1. The van der Waals surface area contributed by atoms with Crippen LogP contribution >= 0.6 is 0 Å². The number of hydrogen-bond acceptors (Lipinski definition) is 3. The Bertz CT molecular complexity index is 1030. The Morgan fingerprint density at radius 2 is 1.96 bits per heavy atom. The highest BCUT2D eigenvalue weighted by Crippen LogP contribution is 2.37. The van der Waals surface area contributed by atoms with E-state index in [0.717, 1.165) is 36.2 Å². The molecule has 24 heavy (non-hydrogen) atoms. The van der Waals surface area contributed by atoms with Crippen LogP contribution in [0.25, 0.3) is 33.3 Å². The fraction of sp³-hybridized carbons (Fsp3) is 0.150. The molecule has 0 unspecified atom stereocenters. The van der Waals surface area contributed by atoms with E-state index in [1.807, 2.05) is 42.9 Å². The maximum absolute atomic E-state index is 4.86. The average Bonchev–Trinajstić information content (AvgIpc) is 3.23. The molecular weight excluding hydrogens is 296 g/mol. The topological polar surface area (TPSA) is 43.6 Å². The SMILES string of the molecule is c1ccc(-c2nn3c(c2-c2ccc4ccncc4c2)CCC3)nc1. The molecule has 3 aromatic heterocycles. The molecule has 5 rings (SSSR count). The number of hydrogen-bond donors (Lipinski definition) is 0. The zero-order chi connectivity index (χ0) is 15.9. The quantitative estimate of drug-likeness (QED) is 0.559. The van der Waals surface area contributed by atoms with Gasteiger partial charge in [-0.2, -0.15) is 5.10 Å². The van der Waals surface area contributed by atoms with Crippen LogP contribution in [0.1, 0.15) is 12.1 Å². The molecule has 0 bridgehead atoms. The van der Waals surface area contributed by atoms with Crippen LogP contribution in [0, 0.1) is 0 Å². The number of rotatable bonds is 2. The van der Waals surface area contributed by atoms with Crippen LogP contribution in [0.3, 0.4) is 0 Å². The molecule has 1 aliphatic rings. The first kappa shape index (κ1) is 13.4. The van der Waals surface area contributed by atoms with E-state index in [0.29, 0.717) is 0 Å². The molecule has 0 spiro atoms. The number of pyridine rings is 2. The van der Waals surface area contributed by atoms with Gasteiger partial charge in [-0.1, -0.05) is 18.2 Å². The van der Waals surface area contributed by atoms with Crippen molar-refractivity contribution in [3.05, 3.63) is 66.7 Å². The van der Waals surface area contributed by atoms with Crippen molar-refractivity contribution in [3.8, 4) is 22.5 Å². The predicted octanol–water partition coefficient (Wildman–Crippen LogP) is 4.11. The molecule has 0 N–H and O–H groups in total. The maximum Gasteiger partial charge on any atom is 0.119 e. The Balaban J connectivity index is 1.77. The standard InChI is InChI=1S/C20H16N4/c1-2-9-22-17(4-1)20-19(18-5-3-11-24(18)23-20)15-7-6-14-8-10-21-13-16(14)12-15/h1-2,4,6-10,12-13H,3,5,11H2. The monoisotopic (exact) mass is 312 g/mol. The summed E-state index contributed by atoms with van der Waals surface area (Å²) >= 11 is 0. The van der Waals surface area contributed by atoms with Gasteiger partial charge in [-0.25, -0.2) is 0 Å². The van der Waals surface area contributed by atoms with Crippen molar-refractivity contribution in [2.24, 2.45) is 0 Å². The van der Waals surface area contributed by atoms with E-state index in [1.54, 1.807) is 0 Å². The maximum atomic E-state index is 4.86. The minimum absolute atomic E-state index is 0.931. The van der Waals surface area contributed by atoms with E-state index >= 15 is 0 Å². The average molecular weight is 312 g/mol. The van der Waals surface area contributed by atoms with Crippen LogP contribution in [-0.2, 0) is 13.0 Å². The van der Waals surface area contributed by atoms with Gasteiger partial charge in [-0.3, -0.25) is 14.6 Å². The van der Waals surface area contributed by atoms with E-state index in [-0.39, 0.29) is 0 Å². The highest BCUT2D eigenvalue weighted by Gasteiger charge is 2.24. The zero-order valence-corrected chi connectivity index (χ0v) is 13.2. The Labute approximate surface area is 139 Å². The van der Waals surface area contributed by atoms with Crippen molar-refractivity contribution >= 4 is 10.8 Å². The van der Waals surface area contributed by atoms with Crippen LogP contribution < -0.4 is 0 Å². The molecule has 0 atom stereocenters. The van der Waals surface area contributed by atoms with Gasteiger partial charge in [-0.15, -0.1) is 0 Å². The van der Waals surface area contributed by atoms with E-state index < -0.39 is 0 Å². The fourth-order valence-corrected chi connectivity index (χ4v) is 3.56. The fourth-order valence-electron chi connectivity index (χ4n) is 3.56. The van der Waals surface area contributed by atoms with E-state index in [9.17, 15) is 0 Å². The van der Waals surface area contributed by atoms with Gasteiger partial charge in [0.2, 0.25) is 0 Å². The zero-order valence-electron chi connectivity index (χ0n) is 13.2. The first-order valence-corrected chi connectivity index (χ1v) is 8.25. The van der Waals surface area contributed by atoms with E-state index in [1.165, 1.54) is 22.2 Å². The summed E-state index contributed by atoms with van der Waals surface area (Å²) in [6.45, 7) is 0.990. The Hall–Kier alpha value is -3.01. The highest BCUT2D eigenvalue weighted by molar-refractivity contribution is 5.90. The van der Waals surface area contributed by atoms with Gasteiger partial charge < -0.3 is 0 Å². The first-order chi connectivity index (χ1) is 11.9. The van der Waals surface area contributed by atoms with Gasteiger partial charge in [0.15, 0.2) is 0 Å². The van der Waals surface area contributed by atoms with E-state index in [4.69, 9.17) is 5.10 Å². The summed E-state index contributed by atoms with van der Waals surface area (Å²) in [6.07, 6.45) is 7.81. The van der Waals surface area contributed by atoms with Crippen molar-refractivity contribution in [2.75, 3.05) is 0 Å². The molecule has 4 nitrogen and oxygen atoms in total. The third-order valence-corrected chi connectivity index (χ3v) is 4.68. The van der Waals surface area contributed by atoms with Gasteiger partial charge in [0.1, 0.15) is 5.69 Å². The normalized spacial score (nSPS) is 13.3. The number of nitrogens with zero attached hydrogens (tertiary/aromatic N) is 4. The number of aryl methyl sites for hydroxylation is 1. The van der Waals surface area contributed by atoms with Gasteiger partial charge in [-0.05, 0) is 48.1 Å². The molecule has 116 valence electrons. The first-order valence-electron chi connectivity index (χ1n) is 8.25. The predicted molar refractivity (Wildman–Crippen MR) is 94.5 cm³/mol. The molecule has 1 aromatic carbocycles. The second-order valence-corrected chi connectivity index (χ2v) is 6.15. The molecule has 1 aliphatic heterocycles. The van der Waals surface area contributed by atoms with Crippen LogP contribution in [0.15, 0.2) is 61.1 Å². The molecule has 0 fully saturated rings. The third-order valence-electron chi connectivity index (χ3n) is 4.68. The molecule has 0 saturated carbocycles. The smallest absolute Gasteiger partial charge is 0.119 e. The van der Waals surface area contributed by atoms with Gasteiger partial charge in [0.25, 0.3) is 0 Å². The lowest BCUT2D eigenvalue weighted by atomic mass is 9.98. The lowest BCUT2D eigenvalue weighted by Crippen LogP contribution is -1.94. The van der Waals surface area contributed by atoms with Gasteiger partial charge >= 0.3 is 0 Å². The Morgan fingerprint density at radius 3 is 2.88 bits per heavy atom. The third kappa shape index (κ3) is 2.03. The molecule has 4 aromatic rings. The summed E-state index contributed by atoms with van der Waals surface area (Å²) in [5.41, 5.74) is 5.64. The second-order valence-electron chi connectivity index (χ2n) is 6.15. The van der Waals surface area contributed by atoms with E-state index in [2.05, 4.69) is 32.8 Å². The molecule has 0 radical (unpaired) electrons. The Kier molecular flexibility index (Phi) is 2.95. The van der Waals surface area contributed by atoms with Crippen LogP contribution in [0.5, 0.6) is 0 Å². The van der Waals surface area contributed by atoms with Gasteiger partial charge in [0.05, 0.1) is 5.69 Å². The van der Waals surface area contributed by atoms with Gasteiger partial charge in [0, 0.05) is 41.8 Å². The number of fused-ring (bicyclic) bond motifs is 2. The second kappa shape index (κ2) is 5.27. The molecule has 4 heterocycles.